The van der Waals surface area contributed by atoms with Gasteiger partial charge in [-0.3, -0.25) is 0 Å². The number of hydrogen-bond donors (Lipinski definition) is 1. The molecule has 0 aliphatic rings. The average Bonchev–Trinajstić information content (AvgIpc) is 2.09. The second-order valence-electron chi connectivity index (χ2n) is 4.41. The van der Waals surface area contributed by atoms with E-state index in [2.05, 4.69) is 38.2 Å². The Labute approximate surface area is 88.8 Å². The topological polar surface area (TPSA) is 24.5 Å². The highest BCUT2D eigenvalue weighted by Crippen LogP contribution is 2.02. The Balaban J connectivity index is 3.63. The summed E-state index contributed by atoms with van der Waals surface area (Å²) in [5.74, 6) is 0.681. The van der Waals surface area contributed by atoms with E-state index in [4.69, 9.17) is 4.74 Å². The second kappa shape index (κ2) is 8.21. The van der Waals surface area contributed by atoms with E-state index in [1.165, 1.54) is 0 Å². The van der Waals surface area contributed by atoms with Gasteiger partial charge in [0.1, 0.15) is 0 Å². The molecule has 0 saturated carbocycles. The van der Waals surface area contributed by atoms with Crippen molar-refractivity contribution in [1.82, 2.24) is 10.2 Å². The van der Waals surface area contributed by atoms with Crippen molar-refractivity contribution in [3.63, 3.8) is 0 Å². The smallest absolute Gasteiger partial charge is 0.0474 e. The van der Waals surface area contributed by atoms with Crippen LogP contribution in [-0.2, 0) is 4.74 Å². The molecule has 1 N–H and O–H groups in total. The zero-order chi connectivity index (χ0) is 11.0. The standard InChI is InChI=1S/C11H26N2O/c1-10(2)11(9-13(3)4)12-7-6-8-14-5/h10-12H,6-9H2,1-5H3. The number of nitrogens with one attached hydrogen (secondary N) is 1. The van der Waals surface area contributed by atoms with Crippen LogP contribution < -0.4 is 5.32 Å². The first kappa shape index (κ1) is 13.9. The summed E-state index contributed by atoms with van der Waals surface area (Å²) < 4.78 is 5.01. The second-order valence-corrected chi connectivity index (χ2v) is 4.41. The third-order valence-corrected chi connectivity index (χ3v) is 2.30. The Morgan fingerprint density at radius 2 is 1.93 bits per heavy atom. The van der Waals surface area contributed by atoms with E-state index >= 15 is 0 Å². The number of rotatable bonds is 8. The maximum Gasteiger partial charge on any atom is 0.0474 e. The Hall–Kier alpha value is -0.120. The van der Waals surface area contributed by atoms with Crippen molar-refractivity contribution in [1.29, 1.82) is 0 Å². The normalized spacial score (nSPS) is 13.9. The van der Waals surface area contributed by atoms with Crippen molar-refractivity contribution in [2.45, 2.75) is 26.3 Å². The lowest BCUT2D eigenvalue weighted by Gasteiger charge is -2.25. The summed E-state index contributed by atoms with van der Waals surface area (Å²) in [6, 6.07) is 0.585. The molecule has 0 heterocycles. The fourth-order valence-electron chi connectivity index (χ4n) is 1.41. The molecule has 0 saturated heterocycles. The van der Waals surface area contributed by atoms with E-state index in [0.717, 1.165) is 26.1 Å². The molecule has 0 aromatic rings. The minimum absolute atomic E-state index is 0.585. The maximum atomic E-state index is 5.01. The fraction of sp³-hybridized carbons (Fsp3) is 1.00. The van der Waals surface area contributed by atoms with Crippen LogP contribution in [0.4, 0.5) is 0 Å². The zero-order valence-corrected chi connectivity index (χ0v) is 10.3. The Bertz CT molecular complexity index is 126. The summed E-state index contributed by atoms with van der Waals surface area (Å²) in [5, 5.41) is 3.56. The largest absolute Gasteiger partial charge is 0.385 e. The van der Waals surface area contributed by atoms with Crippen molar-refractivity contribution in [3.05, 3.63) is 0 Å². The van der Waals surface area contributed by atoms with Gasteiger partial charge in [0, 0.05) is 26.3 Å². The lowest BCUT2D eigenvalue weighted by atomic mass is 10.0. The molecule has 3 nitrogen and oxygen atoms in total. The molecule has 1 unspecified atom stereocenters. The molecule has 1 atom stereocenters. The first-order valence-electron chi connectivity index (χ1n) is 5.45. The molecular weight excluding hydrogens is 176 g/mol. The first-order valence-corrected chi connectivity index (χ1v) is 5.45. The molecule has 86 valence electrons. The molecular formula is C11H26N2O. The third kappa shape index (κ3) is 7.30. The van der Waals surface area contributed by atoms with E-state index in [-0.39, 0.29) is 0 Å². The van der Waals surface area contributed by atoms with E-state index < -0.39 is 0 Å². The average molecular weight is 202 g/mol. The van der Waals surface area contributed by atoms with Crippen LogP contribution >= 0.6 is 0 Å². The predicted molar refractivity (Wildman–Crippen MR) is 61.7 cm³/mol. The summed E-state index contributed by atoms with van der Waals surface area (Å²) >= 11 is 0. The number of nitrogens with zero attached hydrogens (tertiary/aromatic N) is 1. The number of ether oxygens (including phenoxy) is 1. The molecule has 0 aliphatic carbocycles. The van der Waals surface area contributed by atoms with Gasteiger partial charge in [0.25, 0.3) is 0 Å². The molecule has 14 heavy (non-hydrogen) atoms. The van der Waals surface area contributed by atoms with Crippen LogP contribution in [-0.4, -0.2) is 51.8 Å². The van der Waals surface area contributed by atoms with Crippen molar-refractivity contribution >= 4 is 0 Å². The quantitative estimate of drug-likeness (QED) is 0.599. The fourth-order valence-corrected chi connectivity index (χ4v) is 1.41. The summed E-state index contributed by atoms with van der Waals surface area (Å²) in [6.45, 7) is 7.52. The van der Waals surface area contributed by atoms with Crippen molar-refractivity contribution < 1.29 is 4.74 Å². The van der Waals surface area contributed by atoms with Gasteiger partial charge >= 0.3 is 0 Å². The van der Waals surface area contributed by atoms with E-state index in [9.17, 15) is 0 Å². The van der Waals surface area contributed by atoms with Crippen molar-refractivity contribution in [2.24, 2.45) is 5.92 Å². The van der Waals surface area contributed by atoms with E-state index in [1.54, 1.807) is 7.11 Å². The van der Waals surface area contributed by atoms with Crippen LogP contribution in [0.15, 0.2) is 0 Å². The minimum atomic E-state index is 0.585. The Morgan fingerprint density at radius 3 is 2.36 bits per heavy atom. The van der Waals surface area contributed by atoms with Gasteiger partial charge in [-0.1, -0.05) is 13.8 Å². The van der Waals surface area contributed by atoms with Crippen molar-refractivity contribution in [2.75, 3.05) is 40.9 Å². The lowest BCUT2D eigenvalue weighted by Crippen LogP contribution is -2.42. The highest BCUT2D eigenvalue weighted by Gasteiger charge is 2.12. The van der Waals surface area contributed by atoms with Crippen LogP contribution in [0.2, 0.25) is 0 Å². The van der Waals surface area contributed by atoms with E-state index in [1.807, 2.05) is 0 Å². The zero-order valence-electron chi connectivity index (χ0n) is 10.3. The van der Waals surface area contributed by atoms with Gasteiger partial charge in [-0.2, -0.15) is 0 Å². The summed E-state index contributed by atoms with van der Waals surface area (Å²) in [5.41, 5.74) is 0. The van der Waals surface area contributed by atoms with Gasteiger partial charge < -0.3 is 15.0 Å². The molecule has 0 radical (unpaired) electrons. The van der Waals surface area contributed by atoms with Crippen LogP contribution in [0.25, 0.3) is 0 Å². The number of likely N-dealkylation sites (N-methyl/N-ethyl adjacent to an activating group) is 1. The van der Waals surface area contributed by atoms with Gasteiger partial charge in [-0.15, -0.1) is 0 Å². The molecule has 0 bridgehead atoms. The number of methoxy groups -OCH3 is 1. The minimum Gasteiger partial charge on any atom is -0.385 e. The lowest BCUT2D eigenvalue weighted by molar-refractivity contribution is 0.190. The molecule has 0 aliphatic heterocycles. The van der Waals surface area contributed by atoms with Crippen LogP contribution in [0, 0.1) is 5.92 Å². The van der Waals surface area contributed by atoms with Gasteiger partial charge in [-0.05, 0) is 33.0 Å². The number of hydrogen-bond acceptors (Lipinski definition) is 3. The monoisotopic (exact) mass is 202 g/mol. The predicted octanol–water partition coefficient (Wildman–Crippen LogP) is 1.20. The Kier molecular flexibility index (Phi) is 8.14. The molecule has 0 aromatic heterocycles. The van der Waals surface area contributed by atoms with Gasteiger partial charge in [0.2, 0.25) is 0 Å². The summed E-state index contributed by atoms with van der Waals surface area (Å²) in [6.07, 6.45) is 1.09. The van der Waals surface area contributed by atoms with E-state index in [0.29, 0.717) is 12.0 Å². The third-order valence-electron chi connectivity index (χ3n) is 2.30. The maximum absolute atomic E-state index is 5.01. The Morgan fingerprint density at radius 1 is 1.29 bits per heavy atom. The molecule has 0 spiro atoms. The van der Waals surface area contributed by atoms with Crippen LogP contribution in [0.5, 0.6) is 0 Å². The highest BCUT2D eigenvalue weighted by molar-refractivity contribution is 4.72. The molecule has 3 heteroatoms. The van der Waals surface area contributed by atoms with Crippen LogP contribution in [0.1, 0.15) is 20.3 Å². The first-order chi connectivity index (χ1) is 6.57. The van der Waals surface area contributed by atoms with Crippen molar-refractivity contribution in [3.8, 4) is 0 Å². The molecule has 0 aromatic carbocycles. The molecule has 0 amide bonds. The van der Waals surface area contributed by atoms with Gasteiger partial charge in [0.15, 0.2) is 0 Å². The van der Waals surface area contributed by atoms with Gasteiger partial charge in [0.05, 0.1) is 0 Å². The SMILES string of the molecule is COCCCNC(CN(C)C)C(C)C. The summed E-state index contributed by atoms with van der Waals surface area (Å²) in [4.78, 5) is 2.23. The molecule has 0 fully saturated rings. The highest BCUT2D eigenvalue weighted by atomic mass is 16.5. The van der Waals surface area contributed by atoms with Gasteiger partial charge in [-0.25, -0.2) is 0 Å². The summed E-state index contributed by atoms with van der Waals surface area (Å²) in [7, 11) is 5.98. The molecule has 0 rings (SSSR count). The van der Waals surface area contributed by atoms with Crippen LogP contribution in [0.3, 0.4) is 0 Å².